The van der Waals surface area contributed by atoms with Crippen molar-refractivity contribution in [2.45, 2.75) is 0 Å². The van der Waals surface area contributed by atoms with E-state index in [0.29, 0.717) is 26.4 Å². The molecule has 1 aromatic carbocycles. The Labute approximate surface area is 119 Å². The van der Waals surface area contributed by atoms with E-state index < -0.39 is 0 Å². The van der Waals surface area contributed by atoms with Crippen LogP contribution in [0.4, 0.5) is 5.82 Å². The maximum atomic E-state index is 11.9. The Morgan fingerprint density at radius 2 is 1.67 bits per heavy atom. The van der Waals surface area contributed by atoms with Crippen LogP contribution >= 0.6 is 34.8 Å². The van der Waals surface area contributed by atoms with Gasteiger partial charge >= 0.3 is 0 Å². The van der Waals surface area contributed by atoms with Crippen LogP contribution in [0, 0.1) is 0 Å². The van der Waals surface area contributed by atoms with E-state index in [1.54, 1.807) is 18.2 Å². The van der Waals surface area contributed by atoms with Gasteiger partial charge in [0.15, 0.2) is 0 Å². The number of rotatable bonds is 2. The smallest absolute Gasteiger partial charge is 0.256 e. The number of benzene rings is 1. The molecule has 2 rings (SSSR count). The molecule has 18 heavy (non-hydrogen) atoms. The molecule has 0 radical (unpaired) electrons. The quantitative estimate of drug-likeness (QED) is 0.899. The lowest BCUT2D eigenvalue weighted by Crippen LogP contribution is -2.12. The maximum absolute atomic E-state index is 11.9. The standard InChI is InChI=1S/C12H7Cl3N2O/c13-8-1-2-11(16-6-8)17-12(18)7-3-9(14)5-10(15)4-7/h1-6H,(H,16,17,18). The lowest BCUT2D eigenvalue weighted by Gasteiger charge is -2.05. The average Bonchev–Trinajstić information content (AvgIpc) is 2.31. The highest BCUT2D eigenvalue weighted by Gasteiger charge is 2.08. The van der Waals surface area contributed by atoms with Gasteiger partial charge in [-0.1, -0.05) is 34.8 Å². The molecule has 0 aliphatic rings. The zero-order valence-electron chi connectivity index (χ0n) is 8.95. The Morgan fingerprint density at radius 1 is 1.00 bits per heavy atom. The van der Waals surface area contributed by atoms with Crippen LogP contribution in [0.3, 0.4) is 0 Å². The summed E-state index contributed by atoms with van der Waals surface area (Å²) in [5.74, 6) is 0.0646. The number of hydrogen-bond acceptors (Lipinski definition) is 2. The molecular weight excluding hydrogens is 295 g/mol. The van der Waals surface area contributed by atoms with E-state index in [1.807, 2.05) is 0 Å². The zero-order valence-corrected chi connectivity index (χ0v) is 11.2. The Balaban J connectivity index is 2.19. The van der Waals surface area contributed by atoms with Gasteiger partial charge in [-0.2, -0.15) is 0 Å². The highest BCUT2D eigenvalue weighted by Crippen LogP contribution is 2.20. The van der Waals surface area contributed by atoms with Gasteiger partial charge < -0.3 is 5.32 Å². The molecule has 2 aromatic rings. The molecule has 0 unspecified atom stereocenters. The topological polar surface area (TPSA) is 42.0 Å². The monoisotopic (exact) mass is 300 g/mol. The van der Waals surface area contributed by atoms with Crippen LogP contribution in [0.25, 0.3) is 0 Å². The second-order valence-corrected chi connectivity index (χ2v) is 4.78. The number of aromatic nitrogens is 1. The molecule has 1 heterocycles. The van der Waals surface area contributed by atoms with Crippen molar-refractivity contribution in [3.05, 3.63) is 57.2 Å². The van der Waals surface area contributed by atoms with Crippen molar-refractivity contribution in [2.24, 2.45) is 0 Å². The van der Waals surface area contributed by atoms with E-state index in [4.69, 9.17) is 34.8 Å². The highest BCUT2D eigenvalue weighted by atomic mass is 35.5. The van der Waals surface area contributed by atoms with E-state index in [9.17, 15) is 4.79 Å². The minimum atomic E-state index is -0.339. The fourth-order valence-electron chi connectivity index (χ4n) is 1.32. The number of nitrogens with one attached hydrogen (secondary N) is 1. The largest absolute Gasteiger partial charge is 0.307 e. The predicted molar refractivity (Wildman–Crippen MR) is 73.7 cm³/mol. The van der Waals surface area contributed by atoms with Gasteiger partial charge in [0.2, 0.25) is 0 Å². The summed E-state index contributed by atoms with van der Waals surface area (Å²) in [6.45, 7) is 0. The van der Waals surface area contributed by atoms with E-state index in [2.05, 4.69) is 10.3 Å². The lowest BCUT2D eigenvalue weighted by molar-refractivity contribution is 0.102. The van der Waals surface area contributed by atoms with Crippen LogP contribution in [0.2, 0.25) is 15.1 Å². The fourth-order valence-corrected chi connectivity index (χ4v) is 1.96. The van der Waals surface area contributed by atoms with Crippen molar-refractivity contribution in [3.63, 3.8) is 0 Å². The minimum absolute atomic E-state index is 0.339. The maximum Gasteiger partial charge on any atom is 0.256 e. The summed E-state index contributed by atoms with van der Waals surface area (Å²) >= 11 is 17.3. The second-order valence-electron chi connectivity index (χ2n) is 3.47. The molecule has 92 valence electrons. The van der Waals surface area contributed by atoms with Crippen molar-refractivity contribution < 1.29 is 4.79 Å². The molecule has 6 heteroatoms. The van der Waals surface area contributed by atoms with Gasteiger partial charge in [0, 0.05) is 21.8 Å². The van der Waals surface area contributed by atoms with Crippen LogP contribution in [-0.4, -0.2) is 10.9 Å². The van der Waals surface area contributed by atoms with Crippen LogP contribution in [0.15, 0.2) is 36.5 Å². The van der Waals surface area contributed by atoms with Gasteiger partial charge in [-0.05, 0) is 30.3 Å². The number of halogens is 3. The number of amides is 1. The molecule has 0 atom stereocenters. The Bertz CT molecular complexity index is 564. The van der Waals surface area contributed by atoms with Crippen LogP contribution in [-0.2, 0) is 0 Å². The minimum Gasteiger partial charge on any atom is -0.307 e. The van der Waals surface area contributed by atoms with Crippen LogP contribution in [0.1, 0.15) is 10.4 Å². The summed E-state index contributed by atoms with van der Waals surface area (Å²) < 4.78 is 0. The Hall–Kier alpha value is -1.29. The lowest BCUT2D eigenvalue weighted by atomic mass is 10.2. The summed E-state index contributed by atoms with van der Waals surface area (Å²) in [6.07, 6.45) is 1.45. The Morgan fingerprint density at radius 3 is 2.22 bits per heavy atom. The van der Waals surface area contributed by atoms with E-state index in [1.165, 1.54) is 18.3 Å². The number of pyridine rings is 1. The van der Waals surface area contributed by atoms with Crippen LogP contribution < -0.4 is 5.32 Å². The van der Waals surface area contributed by atoms with Gasteiger partial charge in [-0.25, -0.2) is 4.98 Å². The van der Waals surface area contributed by atoms with Crippen molar-refractivity contribution in [3.8, 4) is 0 Å². The molecule has 1 aromatic heterocycles. The summed E-state index contributed by atoms with van der Waals surface area (Å²) in [5, 5.41) is 3.91. The molecular formula is C12H7Cl3N2O. The first-order valence-corrected chi connectivity index (χ1v) is 6.07. The van der Waals surface area contributed by atoms with Crippen LogP contribution in [0.5, 0.6) is 0 Å². The van der Waals surface area contributed by atoms with Gasteiger partial charge in [0.05, 0.1) is 5.02 Å². The number of nitrogens with zero attached hydrogens (tertiary/aromatic N) is 1. The molecule has 3 nitrogen and oxygen atoms in total. The molecule has 0 aliphatic heterocycles. The van der Waals surface area contributed by atoms with Crippen molar-refractivity contribution in [1.29, 1.82) is 0 Å². The number of anilines is 1. The normalized spacial score (nSPS) is 10.2. The molecule has 0 saturated carbocycles. The van der Waals surface area contributed by atoms with Gasteiger partial charge in [0.1, 0.15) is 5.82 Å². The summed E-state index contributed by atoms with van der Waals surface area (Å²) in [4.78, 5) is 15.9. The second kappa shape index (κ2) is 5.57. The van der Waals surface area contributed by atoms with Crippen molar-refractivity contribution in [1.82, 2.24) is 4.98 Å². The molecule has 1 amide bonds. The summed E-state index contributed by atoms with van der Waals surface area (Å²) in [7, 11) is 0. The molecule has 0 spiro atoms. The molecule has 0 aliphatic carbocycles. The van der Waals surface area contributed by atoms with Crippen molar-refractivity contribution in [2.75, 3.05) is 5.32 Å². The first-order chi connectivity index (χ1) is 8.54. The first kappa shape index (κ1) is 13.1. The van der Waals surface area contributed by atoms with Gasteiger partial charge in [0.25, 0.3) is 5.91 Å². The molecule has 0 fully saturated rings. The summed E-state index contributed by atoms with van der Waals surface area (Å²) in [5.41, 5.74) is 0.365. The van der Waals surface area contributed by atoms with E-state index in [0.717, 1.165) is 0 Å². The third-order valence-corrected chi connectivity index (χ3v) is 2.75. The number of hydrogen-bond donors (Lipinski definition) is 1. The van der Waals surface area contributed by atoms with Crippen molar-refractivity contribution >= 4 is 46.5 Å². The Kier molecular flexibility index (Phi) is 4.07. The van der Waals surface area contributed by atoms with E-state index >= 15 is 0 Å². The molecule has 1 N–H and O–H groups in total. The number of carbonyl (C=O) groups excluding carboxylic acids is 1. The van der Waals surface area contributed by atoms with Gasteiger partial charge in [-0.15, -0.1) is 0 Å². The fraction of sp³-hybridized carbons (Fsp3) is 0. The zero-order chi connectivity index (χ0) is 13.1. The predicted octanol–water partition coefficient (Wildman–Crippen LogP) is 4.29. The molecule has 0 bridgehead atoms. The highest BCUT2D eigenvalue weighted by molar-refractivity contribution is 6.35. The third kappa shape index (κ3) is 3.35. The first-order valence-electron chi connectivity index (χ1n) is 4.93. The van der Waals surface area contributed by atoms with Gasteiger partial charge in [-0.3, -0.25) is 4.79 Å². The average molecular weight is 302 g/mol. The molecule has 0 saturated heterocycles. The van der Waals surface area contributed by atoms with E-state index in [-0.39, 0.29) is 5.91 Å². The summed E-state index contributed by atoms with van der Waals surface area (Å²) in [6, 6.07) is 7.85. The third-order valence-electron chi connectivity index (χ3n) is 2.09. The SMILES string of the molecule is O=C(Nc1ccc(Cl)cn1)c1cc(Cl)cc(Cl)c1. The number of carbonyl (C=O) groups is 1.